The fraction of sp³-hybridized carbons (Fsp3) is 0.649. The molecule has 0 radical (unpaired) electrons. The summed E-state index contributed by atoms with van der Waals surface area (Å²) in [5.74, 6) is -1.23. The number of aliphatic hydroxyl groups excluding tert-OH is 1. The molecule has 0 aliphatic carbocycles. The van der Waals surface area contributed by atoms with Gasteiger partial charge in [-0.15, -0.1) is 11.3 Å². The van der Waals surface area contributed by atoms with Gasteiger partial charge in [0.2, 0.25) is 23.6 Å². The summed E-state index contributed by atoms with van der Waals surface area (Å²) in [7, 11) is 0. The lowest BCUT2D eigenvalue weighted by Crippen LogP contribution is -2.57. The molecule has 0 bridgehead atoms. The molecular formula is C37H58N6O6S. The molecule has 3 rings (SSSR count). The average molecular weight is 715 g/mol. The predicted molar refractivity (Wildman–Crippen MR) is 196 cm³/mol. The topological polar surface area (TPSA) is 190 Å². The summed E-state index contributed by atoms with van der Waals surface area (Å²) >= 11 is 1.58. The first-order chi connectivity index (χ1) is 23.8. The lowest BCUT2D eigenvalue weighted by molar-refractivity contribution is -0.144. The first-order valence-corrected chi connectivity index (χ1v) is 18.8. The van der Waals surface area contributed by atoms with E-state index in [1.165, 1.54) is 4.90 Å². The van der Waals surface area contributed by atoms with Crippen molar-refractivity contribution in [3.05, 3.63) is 41.0 Å². The Balaban J connectivity index is 1.38. The highest BCUT2D eigenvalue weighted by atomic mass is 32.1. The molecular weight excluding hydrogens is 657 g/mol. The molecule has 50 heavy (non-hydrogen) atoms. The molecule has 1 fully saturated rings. The van der Waals surface area contributed by atoms with Crippen LogP contribution >= 0.6 is 11.3 Å². The van der Waals surface area contributed by atoms with E-state index in [4.69, 9.17) is 16.2 Å². The minimum absolute atomic E-state index is 0.0406. The number of aromatic nitrogens is 1. The van der Waals surface area contributed by atoms with Gasteiger partial charge in [0.1, 0.15) is 12.1 Å². The Labute approximate surface area is 301 Å². The van der Waals surface area contributed by atoms with Crippen LogP contribution in [0.25, 0.3) is 10.4 Å². The number of amides is 4. The van der Waals surface area contributed by atoms with Crippen molar-refractivity contribution in [2.75, 3.05) is 19.8 Å². The number of carbonyl (C=O) groups is 4. The van der Waals surface area contributed by atoms with Gasteiger partial charge in [-0.05, 0) is 42.7 Å². The molecule has 1 aliphatic heterocycles. The van der Waals surface area contributed by atoms with Crippen molar-refractivity contribution in [2.24, 2.45) is 16.9 Å². The van der Waals surface area contributed by atoms with Gasteiger partial charge in [-0.1, -0.05) is 77.1 Å². The van der Waals surface area contributed by atoms with Crippen LogP contribution in [0.2, 0.25) is 0 Å². The molecule has 4 atom stereocenters. The van der Waals surface area contributed by atoms with Crippen LogP contribution < -0.4 is 22.1 Å². The summed E-state index contributed by atoms with van der Waals surface area (Å²) in [4.78, 5) is 57.8. The predicted octanol–water partition coefficient (Wildman–Crippen LogP) is 3.96. The summed E-state index contributed by atoms with van der Waals surface area (Å²) in [6, 6.07) is 6.09. The fourth-order valence-electron chi connectivity index (χ4n) is 6.03. The number of nitrogens with two attached hydrogens (primary N) is 2. The molecule has 2 heterocycles. The molecule has 4 amide bonds. The fourth-order valence-corrected chi connectivity index (χ4v) is 6.84. The second kappa shape index (κ2) is 20.5. The molecule has 278 valence electrons. The number of benzene rings is 1. The zero-order chi connectivity index (χ0) is 36.7. The Morgan fingerprint density at radius 2 is 1.70 bits per heavy atom. The highest BCUT2D eigenvalue weighted by molar-refractivity contribution is 7.13. The molecule has 0 unspecified atom stereocenters. The first-order valence-electron chi connectivity index (χ1n) is 17.9. The highest BCUT2D eigenvalue weighted by Crippen LogP contribution is 2.28. The minimum Gasteiger partial charge on any atom is -0.391 e. The molecule has 0 spiro atoms. The van der Waals surface area contributed by atoms with Gasteiger partial charge in [0, 0.05) is 45.0 Å². The maximum Gasteiger partial charge on any atom is 0.246 e. The van der Waals surface area contributed by atoms with Gasteiger partial charge in [-0.3, -0.25) is 19.2 Å². The van der Waals surface area contributed by atoms with Gasteiger partial charge in [0.15, 0.2) is 0 Å². The summed E-state index contributed by atoms with van der Waals surface area (Å²) in [6.07, 6.45) is 7.27. The lowest BCUT2D eigenvalue weighted by atomic mass is 9.85. The van der Waals surface area contributed by atoms with Crippen LogP contribution in [0.15, 0.2) is 29.8 Å². The molecule has 1 aromatic heterocycles. The highest BCUT2D eigenvalue weighted by Gasteiger charge is 2.44. The smallest absolute Gasteiger partial charge is 0.246 e. The standard InChI is InChI=1S/C37H58N6O6S/c1-25-33(50-24-41-25)27-15-13-26(14-16-27)21-40-35(47)30-20-29(44)22-43(30)36(48)34(37(2,3)4)42-32(46)12-10-8-6-5-7-9-11-19-49-23-28(38)17-18-31(39)45/h13-16,24,28-30,34,44H,5-12,17-23,38H2,1-4H3,(H2,39,45)(H,40,47)(H,42,46)/t28-,29+,30-,34+/m0/s1. The normalized spacial score (nSPS) is 17.4. The number of hydrogen-bond acceptors (Lipinski definition) is 9. The number of hydrogen-bond donors (Lipinski definition) is 5. The monoisotopic (exact) mass is 714 g/mol. The molecule has 0 saturated carbocycles. The number of ether oxygens (including phenoxy) is 1. The van der Waals surface area contributed by atoms with Crippen LogP contribution in [0.4, 0.5) is 0 Å². The van der Waals surface area contributed by atoms with E-state index in [9.17, 15) is 24.3 Å². The second-order valence-corrected chi connectivity index (χ2v) is 15.4. The largest absolute Gasteiger partial charge is 0.391 e. The van der Waals surface area contributed by atoms with Crippen molar-refractivity contribution in [2.45, 2.75) is 129 Å². The Bertz CT molecular complexity index is 1380. The van der Waals surface area contributed by atoms with Crippen molar-refractivity contribution in [3.8, 4) is 10.4 Å². The summed E-state index contributed by atoms with van der Waals surface area (Å²) in [5.41, 5.74) is 15.2. The Morgan fingerprint density at radius 1 is 1.04 bits per heavy atom. The summed E-state index contributed by atoms with van der Waals surface area (Å²) in [5, 5.41) is 16.4. The second-order valence-electron chi connectivity index (χ2n) is 14.5. The number of primary amides is 1. The van der Waals surface area contributed by atoms with E-state index in [-0.39, 0.29) is 49.1 Å². The molecule has 1 aliphatic rings. The average Bonchev–Trinajstić information content (AvgIpc) is 3.68. The minimum atomic E-state index is -0.835. The third kappa shape index (κ3) is 13.7. The SMILES string of the molecule is Cc1ncsc1-c1ccc(CNC(=O)[C@@H]2C[C@@H](O)CN2C(=O)[C@@H](NC(=O)CCCCCCCCCOC[C@@H](N)CCC(N)=O)C(C)(C)C)cc1. The Kier molecular flexibility index (Phi) is 16.8. The summed E-state index contributed by atoms with van der Waals surface area (Å²) < 4.78 is 5.59. The third-order valence-corrected chi connectivity index (χ3v) is 9.98. The summed E-state index contributed by atoms with van der Waals surface area (Å²) in [6.45, 7) is 9.04. The Hall–Kier alpha value is -3.39. The lowest BCUT2D eigenvalue weighted by Gasteiger charge is -2.35. The maximum atomic E-state index is 13.9. The van der Waals surface area contributed by atoms with Gasteiger partial charge in [-0.25, -0.2) is 4.98 Å². The Morgan fingerprint density at radius 3 is 2.32 bits per heavy atom. The molecule has 2 aromatic rings. The molecule has 13 heteroatoms. The van der Waals surface area contributed by atoms with E-state index in [1.54, 1.807) is 11.3 Å². The van der Waals surface area contributed by atoms with Crippen LogP contribution in [-0.2, 0) is 30.5 Å². The van der Waals surface area contributed by atoms with E-state index in [2.05, 4.69) is 15.6 Å². The van der Waals surface area contributed by atoms with Gasteiger partial charge in [0.25, 0.3) is 0 Å². The zero-order valence-corrected chi connectivity index (χ0v) is 31.1. The van der Waals surface area contributed by atoms with E-state index >= 15 is 0 Å². The molecule has 7 N–H and O–H groups in total. The maximum absolute atomic E-state index is 13.9. The number of nitrogens with zero attached hydrogens (tertiary/aromatic N) is 2. The van der Waals surface area contributed by atoms with Gasteiger partial charge < -0.3 is 36.8 Å². The first kappa shape index (κ1) is 41.0. The third-order valence-electron chi connectivity index (χ3n) is 9.00. The number of carbonyl (C=O) groups excluding carboxylic acids is 4. The number of nitrogens with one attached hydrogen (secondary N) is 2. The molecule has 1 aromatic carbocycles. The number of β-amino-alcohol motifs (C(OH)–C–C–N with tert-alkyl or cyclic N) is 1. The zero-order valence-electron chi connectivity index (χ0n) is 30.2. The van der Waals surface area contributed by atoms with E-state index < -0.39 is 23.6 Å². The van der Waals surface area contributed by atoms with Gasteiger partial charge in [0.05, 0.1) is 28.8 Å². The van der Waals surface area contributed by atoms with Crippen LogP contribution in [0.5, 0.6) is 0 Å². The van der Waals surface area contributed by atoms with E-state index in [0.717, 1.165) is 66.6 Å². The number of rotatable bonds is 21. The number of thiazole rings is 1. The quantitative estimate of drug-likeness (QED) is 0.120. The van der Waals surface area contributed by atoms with E-state index in [1.807, 2.05) is 57.5 Å². The van der Waals surface area contributed by atoms with Crippen molar-refractivity contribution >= 4 is 35.0 Å². The van der Waals surface area contributed by atoms with Gasteiger partial charge >= 0.3 is 0 Å². The number of likely N-dealkylation sites (tertiary alicyclic amines) is 1. The number of aliphatic hydroxyl groups is 1. The van der Waals surface area contributed by atoms with Crippen LogP contribution in [0, 0.1) is 12.3 Å². The van der Waals surface area contributed by atoms with Crippen molar-refractivity contribution in [1.29, 1.82) is 0 Å². The number of aryl methyl sites for hydroxylation is 1. The van der Waals surface area contributed by atoms with E-state index in [0.29, 0.717) is 32.6 Å². The van der Waals surface area contributed by atoms with Crippen molar-refractivity contribution < 1.29 is 29.0 Å². The van der Waals surface area contributed by atoms with Gasteiger partial charge in [-0.2, -0.15) is 0 Å². The van der Waals surface area contributed by atoms with Crippen LogP contribution in [0.3, 0.4) is 0 Å². The molecule has 1 saturated heterocycles. The van der Waals surface area contributed by atoms with Crippen LogP contribution in [0.1, 0.15) is 103 Å². The van der Waals surface area contributed by atoms with Crippen molar-refractivity contribution in [3.63, 3.8) is 0 Å². The van der Waals surface area contributed by atoms with Crippen LogP contribution in [-0.4, -0.2) is 82.6 Å². The molecule has 12 nitrogen and oxygen atoms in total. The number of unbranched alkanes of at least 4 members (excludes halogenated alkanes) is 6. The van der Waals surface area contributed by atoms with Crippen molar-refractivity contribution in [1.82, 2.24) is 20.5 Å².